The van der Waals surface area contributed by atoms with Crippen LogP contribution in [0.25, 0.3) is 11.3 Å². The minimum absolute atomic E-state index is 0.0412. The Morgan fingerprint density at radius 2 is 1.94 bits per heavy atom. The van der Waals surface area contributed by atoms with Crippen molar-refractivity contribution in [1.29, 1.82) is 0 Å². The van der Waals surface area contributed by atoms with Crippen LogP contribution in [0.3, 0.4) is 0 Å². The lowest BCUT2D eigenvalue weighted by molar-refractivity contribution is 0.0947. The quantitative estimate of drug-likeness (QED) is 0.342. The molecule has 3 N–H and O–H groups in total. The van der Waals surface area contributed by atoms with E-state index in [1.165, 1.54) is 35.9 Å². The summed E-state index contributed by atoms with van der Waals surface area (Å²) in [6.07, 6.45) is 0.365. The number of benzene rings is 2. The van der Waals surface area contributed by atoms with Crippen molar-refractivity contribution >= 4 is 17.4 Å². The lowest BCUT2D eigenvalue weighted by Gasteiger charge is -2.23. The molecule has 186 valence electrons. The molecule has 0 aliphatic rings. The van der Waals surface area contributed by atoms with Gasteiger partial charge < -0.3 is 15.0 Å². The summed E-state index contributed by atoms with van der Waals surface area (Å²) < 4.78 is 25.1. The average molecular weight is 493 g/mol. The molecule has 0 atom stereocenters. The van der Waals surface area contributed by atoms with Crippen molar-refractivity contribution in [3.63, 3.8) is 0 Å². The van der Waals surface area contributed by atoms with E-state index in [-0.39, 0.29) is 36.0 Å². The number of rotatable bonds is 9. The Hall–Kier alpha value is -4.51. The number of nitrogens with zero attached hydrogens (tertiary/aromatic N) is 3. The molecule has 0 saturated carbocycles. The van der Waals surface area contributed by atoms with Crippen molar-refractivity contribution in [2.24, 2.45) is 0 Å². The minimum Gasteiger partial charge on any atom is -0.385 e. The number of H-pyrrole nitrogens is 1. The topological polar surface area (TPSA) is 136 Å². The van der Waals surface area contributed by atoms with Gasteiger partial charge in [-0.25, -0.2) is 9.18 Å². The molecule has 0 unspecified atom stereocenters. The van der Waals surface area contributed by atoms with E-state index >= 15 is 0 Å². The van der Waals surface area contributed by atoms with Crippen molar-refractivity contribution < 1.29 is 18.4 Å². The van der Waals surface area contributed by atoms with Gasteiger partial charge in [-0.15, -0.1) is 0 Å². The second-order valence-electron chi connectivity index (χ2n) is 7.95. The summed E-state index contributed by atoms with van der Waals surface area (Å²) in [6, 6.07) is 16.1. The fourth-order valence-electron chi connectivity index (χ4n) is 3.74. The summed E-state index contributed by atoms with van der Waals surface area (Å²) in [5.74, 6) is -1.54. The Morgan fingerprint density at radius 3 is 2.67 bits per heavy atom. The number of methoxy groups -OCH3 is 1. The van der Waals surface area contributed by atoms with Gasteiger partial charge in [0.25, 0.3) is 11.5 Å². The molecule has 10 nitrogen and oxygen atoms in total. The largest absolute Gasteiger partial charge is 0.385 e. The molecule has 11 heteroatoms. The van der Waals surface area contributed by atoms with E-state index in [1.54, 1.807) is 18.2 Å². The Labute approximate surface area is 204 Å². The van der Waals surface area contributed by atoms with E-state index < -0.39 is 23.0 Å². The van der Waals surface area contributed by atoms with Gasteiger partial charge in [-0.3, -0.25) is 24.0 Å². The summed E-state index contributed by atoms with van der Waals surface area (Å²) in [5.41, 5.74) is 6.00. The van der Waals surface area contributed by atoms with Gasteiger partial charge in [0, 0.05) is 31.9 Å². The fraction of sp³-hybridized carbons (Fsp3) is 0.200. The number of halogens is 1. The van der Waals surface area contributed by atoms with Gasteiger partial charge in [0.1, 0.15) is 17.3 Å². The normalized spacial score (nSPS) is 10.9. The number of nitrogens with two attached hydrogens (primary N) is 1. The van der Waals surface area contributed by atoms with Crippen molar-refractivity contribution in [1.82, 2.24) is 14.7 Å². The molecule has 2 aromatic heterocycles. The summed E-state index contributed by atoms with van der Waals surface area (Å²) in [6.45, 7) is 0.428. The number of hydrogen-bond donors (Lipinski definition) is 2. The van der Waals surface area contributed by atoms with Crippen LogP contribution in [0, 0.1) is 5.82 Å². The van der Waals surface area contributed by atoms with Crippen molar-refractivity contribution in [3.8, 4) is 11.3 Å². The summed E-state index contributed by atoms with van der Waals surface area (Å²) in [7, 11) is 1.51. The first kappa shape index (κ1) is 24.6. The van der Waals surface area contributed by atoms with Crippen molar-refractivity contribution in [2.75, 3.05) is 30.9 Å². The third kappa shape index (κ3) is 5.26. The van der Waals surface area contributed by atoms with Crippen LogP contribution < -0.4 is 21.9 Å². The lowest BCUT2D eigenvalue weighted by Crippen LogP contribution is -2.42. The number of carbonyl (C=O) groups excluding carboxylic acids is 1. The number of hydrogen-bond acceptors (Lipinski definition) is 7. The highest BCUT2D eigenvalue weighted by atomic mass is 19.1. The highest BCUT2D eigenvalue weighted by Crippen LogP contribution is 2.24. The maximum atomic E-state index is 13.6. The molecule has 0 aliphatic heterocycles. The molecule has 0 spiro atoms. The van der Waals surface area contributed by atoms with Gasteiger partial charge in [-0.2, -0.15) is 0 Å². The first-order chi connectivity index (χ1) is 17.4. The van der Waals surface area contributed by atoms with Gasteiger partial charge in [-0.05, 0) is 24.1 Å². The van der Waals surface area contributed by atoms with E-state index in [4.69, 9.17) is 15.0 Å². The SMILES string of the molecule is COCCCN(C(=O)c1cc(-c2cccc(F)c2)no1)c1c(N)n(Cc2ccccc2)c(=O)[nH]c1=O. The molecule has 36 heavy (non-hydrogen) atoms. The van der Waals surface area contributed by atoms with Crippen LogP contribution in [0.2, 0.25) is 0 Å². The number of nitrogen functional groups attached to an aromatic ring is 1. The van der Waals surface area contributed by atoms with E-state index in [2.05, 4.69) is 10.1 Å². The summed E-state index contributed by atoms with van der Waals surface area (Å²) in [5, 5.41) is 3.87. The standard InChI is InChI=1S/C25H24FN5O5/c1-35-12-6-11-30(24(33)20-14-19(29-36-20)17-9-5-10-18(26)13-17)21-22(27)31(25(34)28-23(21)32)15-16-7-3-2-4-8-16/h2-5,7-10,13-14H,6,11-12,15,27H2,1H3,(H,28,32,34). The molecule has 2 aromatic carbocycles. The summed E-state index contributed by atoms with van der Waals surface area (Å²) in [4.78, 5) is 42.3. The molecule has 0 fully saturated rings. The summed E-state index contributed by atoms with van der Waals surface area (Å²) >= 11 is 0. The predicted octanol–water partition coefficient (Wildman–Crippen LogP) is 2.64. The van der Waals surface area contributed by atoms with Crippen LogP contribution in [-0.4, -0.2) is 40.9 Å². The molecule has 4 rings (SSSR count). The van der Waals surface area contributed by atoms with E-state index in [1.807, 2.05) is 18.2 Å². The van der Waals surface area contributed by atoms with Crippen molar-refractivity contribution in [2.45, 2.75) is 13.0 Å². The second-order valence-corrected chi connectivity index (χ2v) is 7.95. The molecule has 1 amide bonds. The number of ether oxygens (including phenoxy) is 1. The minimum atomic E-state index is -0.822. The van der Waals surface area contributed by atoms with Crippen LogP contribution in [0.1, 0.15) is 22.5 Å². The van der Waals surface area contributed by atoms with Crippen LogP contribution in [0.4, 0.5) is 15.9 Å². The molecular formula is C25H24FN5O5. The maximum Gasteiger partial charge on any atom is 0.330 e. The first-order valence-corrected chi connectivity index (χ1v) is 11.1. The van der Waals surface area contributed by atoms with Gasteiger partial charge in [-0.1, -0.05) is 47.6 Å². The van der Waals surface area contributed by atoms with E-state index in [9.17, 15) is 18.8 Å². The zero-order valence-corrected chi connectivity index (χ0v) is 19.4. The zero-order valence-electron chi connectivity index (χ0n) is 19.4. The third-order valence-corrected chi connectivity index (χ3v) is 5.48. The number of carbonyl (C=O) groups is 1. The second kappa shape index (κ2) is 10.8. The van der Waals surface area contributed by atoms with Crippen LogP contribution in [0.15, 0.2) is 74.8 Å². The van der Waals surface area contributed by atoms with E-state index in [0.29, 0.717) is 18.6 Å². The Kier molecular flexibility index (Phi) is 7.40. The smallest absolute Gasteiger partial charge is 0.330 e. The fourth-order valence-corrected chi connectivity index (χ4v) is 3.74. The predicted molar refractivity (Wildman–Crippen MR) is 131 cm³/mol. The van der Waals surface area contributed by atoms with Gasteiger partial charge >= 0.3 is 5.69 Å². The molecule has 4 aromatic rings. The Bertz CT molecular complexity index is 1480. The number of aromatic amines is 1. The number of nitrogens with one attached hydrogen (secondary N) is 1. The molecule has 0 aliphatic carbocycles. The third-order valence-electron chi connectivity index (χ3n) is 5.48. The van der Waals surface area contributed by atoms with Crippen LogP contribution in [0.5, 0.6) is 0 Å². The highest BCUT2D eigenvalue weighted by molar-refractivity contribution is 6.05. The van der Waals surface area contributed by atoms with E-state index in [0.717, 1.165) is 10.5 Å². The highest BCUT2D eigenvalue weighted by Gasteiger charge is 2.28. The van der Waals surface area contributed by atoms with Gasteiger partial charge in [0.15, 0.2) is 5.69 Å². The molecule has 0 bridgehead atoms. The number of amides is 1. The van der Waals surface area contributed by atoms with Crippen molar-refractivity contribution in [3.05, 3.63) is 98.6 Å². The molecule has 2 heterocycles. The zero-order chi connectivity index (χ0) is 25.7. The molecular weight excluding hydrogens is 469 g/mol. The Morgan fingerprint density at radius 1 is 1.17 bits per heavy atom. The number of anilines is 2. The van der Waals surface area contributed by atoms with Gasteiger partial charge in [0.05, 0.1) is 6.54 Å². The van der Waals surface area contributed by atoms with Crippen LogP contribution >= 0.6 is 0 Å². The first-order valence-electron chi connectivity index (χ1n) is 11.1. The van der Waals surface area contributed by atoms with Crippen LogP contribution in [-0.2, 0) is 11.3 Å². The Balaban J connectivity index is 1.74. The van der Waals surface area contributed by atoms with Gasteiger partial charge in [0.2, 0.25) is 5.76 Å². The monoisotopic (exact) mass is 493 g/mol. The molecule has 0 saturated heterocycles. The lowest BCUT2D eigenvalue weighted by atomic mass is 10.1. The molecule has 0 radical (unpaired) electrons. The average Bonchev–Trinajstić information content (AvgIpc) is 3.36. The number of aromatic nitrogens is 3. The maximum absolute atomic E-state index is 13.6.